The molecular weight excluding hydrogens is 198 g/mol. The summed E-state index contributed by atoms with van der Waals surface area (Å²) in [7, 11) is 1.94. The van der Waals surface area contributed by atoms with E-state index in [1.807, 2.05) is 35.9 Å². The van der Waals surface area contributed by atoms with Gasteiger partial charge in [0.1, 0.15) is 6.29 Å². The van der Waals surface area contributed by atoms with Crippen molar-refractivity contribution in [1.29, 1.82) is 0 Å². The first-order valence-corrected chi connectivity index (χ1v) is 4.77. The average Bonchev–Trinajstić information content (AvgIpc) is 2.46. The van der Waals surface area contributed by atoms with E-state index in [9.17, 15) is 4.79 Å². The van der Waals surface area contributed by atoms with Crippen LogP contribution >= 0.6 is 11.6 Å². The van der Waals surface area contributed by atoms with E-state index >= 15 is 0 Å². The maximum Gasteiger partial charge on any atom is 0.125 e. The highest BCUT2D eigenvalue weighted by molar-refractivity contribution is 6.31. The molecule has 14 heavy (non-hydrogen) atoms. The van der Waals surface area contributed by atoms with Crippen molar-refractivity contribution >= 4 is 28.8 Å². The van der Waals surface area contributed by atoms with Crippen LogP contribution in [0.2, 0.25) is 5.02 Å². The van der Waals surface area contributed by atoms with Crippen LogP contribution in [0.25, 0.3) is 10.9 Å². The first-order chi connectivity index (χ1) is 6.72. The van der Waals surface area contributed by atoms with E-state index < -0.39 is 0 Å². The third kappa shape index (κ3) is 1.42. The SMILES string of the molecule is Cn1c(CC=O)cc2ccc(Cl)cc21. The van der Waals surface area contributed by atoms with Gasteiger partial charge in [-0.15, -0.1) is 0 Å². The van der Waals surface area contributed by atoms with Gasteiger partial charge >= 0.3 is 0 Å². The summed E-state index contributed by atoms with van der Waals surface area (Å²) in [5, 5.41) is 1.84. The fraction of sp³-hybridized carbons (Fsp3) is 0.182. The summed E-state index contributed by atoms with van der Waals surface area (Å²) in [4.78, 5) is 10.4. The van der Waals surface area contributed by atoms with Gasteiger partial charge in [-0.1, -0.05) is 17.7 Å². The fourth-order valence-electron chi connectivity index (χ4n) is 1.64. The molecule has 0 N–H and O–H groups in total. The number of benzene rings is 1. The summed E-state index contributed by atoms with van der Waals surface area (Å²) in [5.74, 6) is 0. The Bertz CT molecular complexity index is 487. The van der Waals surface area contributed by atoms with Gasteiger partial charge in [0.25, 0.3) is 0 Å². The van der Waals surface area contributed by atoms with Crippen molar-refractivity contribution < 1.29 is 4.79 Å². The van der Waals surface area contributed by atoms with Gasteiger partial charge in [-0.25, -0.2) is 0 Å². The quantitative estimate of drug-likeness (QED) is 0.694. The molecule has 0 amide bonds. The zero-order valence-corrected chi connectivity index (χ0v) is 8.58. The van der Waals surface area contributed by atoms with Gasteiger partial charge in [0.2, 0.25) is 0 Å². The second-order valence-corrected chi connectivity index (χ2v) is 3.71. The van der Waals surface area contributed by atoms with Crippen LogP contribution in [0.5, 0.6) is 0 Å². The summed E-state index contributed by atoms with van der Waals surface area (Å²) in [5.41, 5.74) is 2.08. The molecule has 0 aliphatic heterocycles. The number of carbonyl (C=O) groups is 1. The van der Waals surface area contributed by atoms with Crippen molar-refractivity contribution in [1.82, 2.24) is 4.57 Å². The first kappa shape index (κ1) is 9.28. The Morgan fingerprint density at radius 1 is 1.43 bits per heavy atom. The molecule has 0 saturated heterocycles. The number of aromatic nitrogens is 1. The van der Waals surface area contributed by atoms with Crippen LogP contribution in [0.4, 0.5) is 0 Å². The van der Waals surface area contributed by atoms with E-state index in [0.717, 1.165) is 27.9 Å². The highest BCUT2D eigenvalue weighted by Crippen LogP contribution is 2.22. The number of nitrogens with zero attached hydrogens (tertiary/aromatic N) is 1. The number of carbonyl (C=O) groups excluding carboxylic acids is 1. The number of rotatable bonds is 2. The van der Waals surface area contributed by atoms with Crippen molar-refractivity contribution in [2.24, 2.45) is 7.05 Å². The van der Waals surface area contributed by atoms with Crippen LogP contribution in [-0.4, -0.2) is 10.9 Å². The Morgan fingerprint density at radius 3 is 2.93 bits per heavy atom. The van der Waals surface area contributed by atoms with E-state index in [0.29, 0.717) is 6.42 Å². The number of aldehydes is 1. The molecule has 0 radical (unpaired) electrons. The first-order valence-electron chi connectivity index (χ1n) is 4.40. The van der Waals surface area contributed by atoms with Crippen molar-refractivity contribution in [2.45, 2.75) is 6.42 Å². The molecule has 0 unspecified atom stereocenters. The van der Waals surface area contributed by atoms with Gasteiger partial charge in [0.05, 0.1) is 0 Å². The molecule has 0 aliphatic rings. The largest absolute Gasteiger partial charge is 0.347 e. The van der Waals surface area contributed by atoms with Crippen LogP contribution in [-0.2, 0) is 18.3 Å². The maximum atomic E-state index is 10.4. The lowest BCUT2D eigenvalue weighted by atomic mass is 10.2. The van der Waals surface area contributed by atoms with Gasteiger partial charge in [-0.2, -0.15) is 0 Å². The van der Waals surface area contributed by atoms with Crippen molar-refractivity contribution in [3.8, 4) is 0 Å². The molecule has 2 rings (SSSR count). The molecule has 72 valence electrons. The normalized spacial score (nSPS) is 10.7. The fourth-order valence-corrected chi connectivity index (χ4v) is 1.81. The monoisotopic (exact) mass is 207 g/mol. The molecule has 1 aromatic carbocycles. The Labute approximate surface area is 87.1 Å². The van der Waals surface area contributed by atoms with E-state index in [2.05, 4.69) is 0 Å². The minimum absolute atomic E-state index is 0.447. The molecule has 1 heterocycles. The summed E-state index contributed by atoms with van der Waals surface area (Å²) in [6, 6.07) is 7.74. The third-order valence-electron chi connectivity index (χ3n) is 2.40. The van der Waals surface area contributed by atoms with E-state index in [1.165, 1.54) is 0 Å². The smallest absolute Gasteiger partial charge is 0.125 e. The van der Waals surface area contributed by atoms with E-state index in [1.54, 1.807) is 0 Å². The third-order valence-corrected chi connectivity index (χ3v) is 2.63. The highest BCUT2D eigenvalue weighted by Gasteiger charge is 2.04. The van der Waals surface area contributed by atoms with Gasteiger partial charge in [0.15, 0.2) is 0 Å². The minimum atomic E-state index is 0.447. The van der Waals surface area contributed by atoms with Crippen LogP contribution in [0.15, 0.2) is 24.3 Å². The zero-order chi connectivity index (χ0) is 10.1. The molecular formula is C11H10ClNO. The van der Waals surface area contributed by atoms with Gasteiger partial charge in [-0.3, -0.25) is 0 Å². The number of fused-ring (bicyclic) bond motifs is 1. The molecule has 0 atom stereocenters. The number of halogens is 1. The lowest BCUT2D eigenvalue weighted by molar-refractivity contribution is -0.107. The Hall–Kier alpha value is -1.28. The maximum absolute atomic E-state index is 10.4. The highest BCUT2D eigenvalue weighted by atomic mass is 35.5. The zero-order valence-electron chi connectivity index (χ0n) is 7.83. The number of hydrogen-bond acceptors (Lipinski definition) is 1. The van der Waals surface area contributed by atoms with Crippen molar-refractivity contribution in [3.05, 3.63) is 35.0 Å². The second kappa shape index (κ2) is 3.46. The van der Waals surface area contributed by atoms with Crippen LogP contribution < -0.4 is 0 Å². The molecule has 2 nitrogen and oxygen atoms in total. The number of hydrogen-bond donors (Lipinski definition) is 0. The van der Waals surface area contributed by atoms with E-state index in [-0.39, 0.29) is 0 Å². The summed E-state index contributed by atoms with van der Waals surface area (Å²) in [6.45, 7) is 0. The Kier molecular flexibility index (Phi) is 2.30. The predicted octanol–water partition coefficient (Wildman–Crippen LogP) is 2.57. The van der Waals surface area contributed by atoms with Gasteiger partial charge < -0.3 is 9.36 Å². The molecule has 3 heteroatoms. The van der Waals surface area contributed by atoms with Gasteiger partial charge in [-0.05, 0) is 23.6 Å². The average molecular weight is 208 g/mol. The summed E-state index contributed by atoms with van der Waals surface area (Å²) < 4.78 is 2.00. The molecule has 0 bridgehead atoms. The Morgan fingerprint density at radius 2 is 2.21 bits per heavy atom. The standard InChI is InChI=1S/C11H10ClNO/c1-13-10(4-5-14)6-8-2-3-9(12)7-11(8)13/h2-3,5-7H,4H2,1H3. The predicted molar refractivity (Wildman–Crippen MR) is 57.7 cm³/mol. The summed E-state index contributed by atoms with van der Waals surface area (Å²) in [6.07, 6.45) is 1.36. The van der Waals surface area contributed by atoms with Crippen LogP contribution in [0, 0.1) is 0 Å². The number of aryl methyl sites for hydroxylation is 1. The minimum Gasteiger partial charge on any atom is -0.347 e. The van der Waals surface area contributed by atoms with Crippen LogP contribution in [0.1, 0.15) is 5.69 Å². The molecule has 0 saturated carbocycles. The second-order valence-electron chi connectivity index (χ2n) is 3.27. The van der Waals surface area contributed by atoms with E-state index in [4.69, 9.17) is 11.6 Å². The van der Waals surface area contributed by atoms with Crippen LogP contribution in [0.3, 0.4) is 0 Å². The summed E-state index contributed by atoms with van der Waals surface area (Å²) >= 11 is 5.89. The van der Waals surface area contributed by atoms with Crippen molar-refractivity contribution in [2.75, 3.05) is 0 Å². The molecule has 0 fully saturated rings. The molecule has 1 aromatic heterocycles. The molecule has 2 aromatic rings. The lowest BCUT2D eigenvalue weighted by Gasteiger charge is -2.00. The topological polar surface area (TPSA) is 22.0 Å². The lowest BCUT2D eigenvalue weighted by Crippen LogP contribution is -1.96. The Balaban J connectivity index is 2.67. The molecule has 0 aliphatic carbocycles. The van der Waals surface area contributed by atoms with Crippen molar-refractivity contribution in [3.63, 3.8) is 0 Å². The van der Waals surface area contributed by atoms with Gasteiger partial charge in [0, 0.05) is 29.7 Å². The molecule has 0 spiro atoms.